The molecule has 0 unspecified atom stereocenters. The molecule has 0 aliphatic rings. The number of hydrogen-bond acceptors (Lipinski definition) is 6. The molecule has 0 fully saturated rings. The minimum absolute atomic E-state index is 0.0212. The highest BCUT2D eigenvalue weighted by atomic mass is 127. The molecule has 3 N–H and O–H groups in total. The normalized spacial score (nSPS) is 12.6. The Balaban J connectivity index is 1.87. The first-order chi connectivity index (χ1) is 15.5. The lowest BCUT2D eigenvalue weighted by atomic mass is 10.0. The van der Waals surface area contributed by atoms with Crippen molar-refractivity contribution in [3.05, 3.63) is 81.9 Å². The number of nitrogens with one attached hydrogen (secondary N) is 1. The van der Waals surface area contributed by atoms with Crippen LogP contribution < -0.4 is 10.1 Å². The molecule has 32 heavy (non-hydrogen) atoms. The summed E-state index contributed by atoms with van der Waals surface area (Å²) in [6.45, 7) is -0.181. The number of hydrogen-bond donors (Lipinski definition) is 3. The first-order valence-electron chi connectivity index (χ1n) is 9.93. The third kappa shape index (κ3) is 6.78. The van der Waals surface area contributed by atoms with Crippen LogP contribution in [0, 0.1) is 3.57 Å². The predicted molar refractivity (Wildman–Crippen MR) is 134 cm³/mol. The molecule has 3 aromatic rings. The monoisotopic (exact) mass is 565 g/mol. The molecule has 3 rings (SSSR count). The molecule has 3 aromatic carbocycles. The molecule has 0 saturated heterocycles. The zero-order valence-corrected chi connectivity index (χ0v) is 20.4. The van der Waals surface area contributed by atoms with Gasteiger partial charge in [0.15, 0.2) is 6.10 Å². The van der Waals surface area contributed by atoms with E-state index >= 15 is 0 Å². The van der Waals surface area contributed by atoms with Crippen molar-refractivity contribution in [1.82, 2.24) is 0 Å². The molecule has 0 saturated carbocycles. The number of ether oxygens (including phenoxy) is 2. The molecule has 0 spiro atoms. The van der Waals surface area contributed by atoms with E-state index in [1.54, 1.807) is 54.2 Å². The van der Waals surface area contributed by atoms with Crippen molar-refractivity contribution >= 4 is 46.1 Å². The molecule has 0 aliphatic heterocycles. The molecule has 6 nitrogen and oxygen atoms in total. The van der Waals surface area contributed by atoms with E-state index in [4.69, 9.17) is 9.47 Å². The summed E-state index contributed by atoms with van der Waals surface area (Å²) >= 11 is 3.73. The van der Waals surface area contributed by atoms with Crippen molar-refractivity contribution < 1.29 is 24.5 Å². The van der Waals surface area contributed by atoms with E-state index in [0.29, 0.717) is 17.0 Å². The quantitative estimate of drug-likeness (QED) is 0.223. The standard InChI is InChI=1S/C24H24INO5S/c1-32-19-10-8-17(9-11-19)26-24(29)31-23(20-15-16(25)7-12-21(20)28)22(13-14-27)30-18-5-3-2-4-6-18/h2-12,15,22-23,27-28H,13-14H2,1H3,(H,26,29)/t22-,23-/m1/s1. The minimum Gasteiger partial charge on any atom is -0.508 e. The highest BCUT2D eigenvalue weighted by Crippen LogP contribution is 2.34. The van der Waals surface area contributed by atoms with Crippen LogP contribution in [0.1, 0.15) is 18.1 Å². The zero-order valence-electron chi connectivity index (χ0n) is 17.4. The van der Waals surface area contributed by atoms with Gasteiger partial charge in [0.2, 0.25) is 0 Å². The fraction of sp³-hybridized carbons (Fsp3) is 0.208. The smallest absolute Gasteiger partial charge is 0.412 e. The first kappa shape index (κ1) is 24.2. The maximum absolute atomic E-state index is 12.8. The van der Waals surface area contributed by atoms with E-state index < -0.39 is 18.3 Å². The van der Waals surface area contributed by atoms with Crippen molar-refractivity contribution in [2.45, 2.75) is 23.5 Å². The minimum atomic E-state index is -0.956. The summed E-state index contributed by atoms with van der Waals surface area (Å²) < 4.78 is 12.7. The Morgan fingerprint density at radius 1 is 1.09 bits per heavy atom. The van der Waals surface area contributed by atoms with Crippen LogP contribution >= 0.6 is 34.4 Å². The Labute approximate surface area is 205 Å². The van der Waals surface area contributed by atoms with Crippen LogP contribution in [0.25, 0.3) is 0 Å². The van der Waals surface area contributed by atoms with Crippen LogP contribution in [0.3, 0.4) is 0 Å². The fourth-order valence-electron chi connectivity index (χ4n) is 3.10. The van der Waals surface area contributed by atoms with E-state index in [1.165, 1.54) is 0 Å². The molecule has 0 radical (unpaired) electrons. The average Bonchev–Trinajstić information content (AvgIpc) is 2.80. The molecule has 0 heterocycles. The largest absolute Gasteiger partial charge is 0.508 e. The van der Waals surface area contributed by atoms with E-state index in [9.17, 15) is 15.0 Å². The number of para-hydroxylation sites is 1. The summed E-state index contributed by atoms with van der Waals surface area (Å²) in [6.07, 6.45) is -0.202. The molecule has 8 heteroatoms. The van der Waals surface area contributed by atoms with Crippen molar-refractivity contribution in [3.8, 4) is 11.5 Å². The maximum atomic E-state index is 12.8. The molecule has 0 aromatic heterocycles. The van der Waals surface area contributed by atoms with Gasteiger partial charge in [0.05, 0.1) is 0 Å². The van der Waals surface area contributed by atoms with E-state index in [1.807, 2.05) is 36.6 Å². The molecule has 2 atom stereocenters. The Bertz CT molecular complexity index is 1020. The number of rotatable bonds is 9. The van der Waals surface area contributed by atoms with E-state index in [-0.39, 0.29) is 18.8 Å². The number of carbonyl (C=O) groups excluding carboxylic acids is 1. The van der Waals surface area contributed by atoms with E-state index in [0.717, 1.165) is 8.47 Å². The van der Waals surface area contributed by atoms with Gasteiger partial charge in [-0.25, -0.2) is 4.79 Å². The number of aliphatic hydroxyl groups is 1. The van der Waals surface area contributed by atoms with Gasteiger partial charge in [-0.2, -0.15) is 0 Å². The van der Waals surface area contributed by atoms with Gasteiger partial charge in [-0.1, -0.05) is 18.2 Å². The number of benzene rings is 3. The van der Waals surface area contributed by atoms with Crippen LogP contribution in [-0.4, -0.2) is 35.3 Å². The van der Waals surface area contributed by atoms with Crippen molar-refractivity contribution in [1.29, 1.82) is 0 Å². The van der Waals surface area contributed by atoms with Crippen LogP contribution in [0.4, 0.5) is 10.5 Å². The number of phenolic OH excluding ortho intramolecular Hbond substituents is 1. The van der Waals surface area contributed by atoms with Gasteiger partial charge >= 0.3 is 6.09 Å². The van der Waals surface area contributed by atoms with Crippen LogP contribution in [0.15, 0.2) is 77.7 Å². The van der Waals surface area contributed by atoms with E-state index in [2.05, 4.69) is 27.9 Å². The van der Waals surface area contributed by atoms with Gasteiger partial charge in [-0.15, -0.1) is 11.8 Å². The number of carbonyl (C=O) groups is 1. The Morgan fingerprint density at radius 2 is 1.81 bits per heavy atom. The predicted octanol–water partition coefficient (Wildman–Crippen LogP) is 5.84. The number of aliphatic hydroxyl groups excluding tert-OH is 1. The van der Waals surface area contributed by atoms with Crippen LogP contribution in [0.2, 0.25) is 0 Å². The average molecular weight is 565 g/mol. The second-order valence-electron chi connectivity index (χ2n) is 6.86. The lowest BCUT2D eigenvalue weighted by Gasteiger charge is -2.28. The number of thioether (sulfide) groups is 1. The second kappa shape index (κ2) is 12.0. The number of aromatic hydroxyl groups is 1. The van der Waals surface area contributed by atoms with Gasteiger partial charge in [0.25, 0.3) is 0 Å². The fourth-order valence-corrected chi connectivity index (χ4v) is 4.03. The highest BCUT2D eigenvalue weighted by Gasteiger charge is 2.31. The van der Waals surface area contributed by atoms with Crippen molar-refractivity contribution in [3.63, 3.8) is 0 Å². The SMILES string of the molecule is CSc1ccc(NC(=O)O[C@H](c2cc(I)ccc2O)[C@@H](CCO)Oc2ccccc2)cc1. The topological polar surface area (TPSA) is 88.0 Å². The Hall–Kier alpha value is -2.43. The Morgan fingerprint density at radius 3 is 2.47 bits per heavy atom. The zero-order chi connectivity index (χ0) is 22.9. The van der Waals surface area contributed by atoms with Crippen LogP contribution in [0.5, 0.6) is 11.5 Å². The summed E-state index contributed by atoms with van der Waals surface area (Å²) in [5, 5.41) is 22.9. The molecule has 1 amide bonds. The maximum Gasteiger partial charge on any atom is 0.412 e. The molecular weight excluding hydrogens is 541 g/mol. The van der Waals surface area contributed by atoms with Gasteiger partial charge in [-0.05, 0) is 83.4 Å². The third-order valence-corrected chi connectivity index (χ3v) is 6.06. The number of phenols is 1. The van der Waals surface area contributed by atoms with Gasteiger partial charge in [-0.3, -0.25) is 5.32 Å². The summed E-state index contributed by atoms with van der Waals surface area (Å²) in [5.41, 5.74) is 0.986. The molecule has 168 valence electrons. The van der Waals surface area contributed by atoms with Gasteiger partial charge < -0.3 is 19.7 Å². The molecule has 0 bridgehead atoms. The lowest BCUT2D eigenvalue weighted by Crippen LogP contribution is -2.32. The number of anilines is 1. The van der Waals surface area contributed by atoms with Crippen molar-refractivity contribution in [2.75, 3.05) is 18.2 Å². The summed E-state index contributed by atoms with van der Waals surface area (Å²) in [4.78, 5) is 13.8. The second-order valence-corrected chi connectivity index (χ2v) is 8.99. The molecular formula is C24H24INO5S. The third-order valence-electron chi connectivity index (χ3n) is 4.65. The lowest BCUT2D eigenvalue weighted by molar-refractivity contribution is 0.00796. The van der Waals surface area contributed by atoms with Crippen molar-refractivity contribution in [2.24, 2.45) is 0 Å². The number of amides is 1. The summed E-state index contributed by atoms with van der Waals surface area (Å²) in [5.74, 6) is 0.546. The molecule has 0 aliphatic carbocycles. The highest BCUT2D eigenvalue weighted by molar-refractivity contribution is 14.1. The summed E-state index contributed by atoms with van der Waals surface area (Å²) in [7, 11) is 0. The first-order valence-corrected chi connectivity index (χ1v) is 12.2. The Kier molecular flexibility index (Phi) is 9.07. The van der Waals surface area contributed by atoms with Gasteiger partial charge in [0, 0.05) is 32.7 Å². The number of halogens is 1. The summed E-state index contributed by atoms with van der Waals surface area (Å²) in [6, 6.07) is 21.5. The van der Waals surface area contributed by atoms with Gasteiger partial charge in [0.1, 0.15) is 17.6 Å². The van der Waals surface area contributed by atoms with Crippen LogP contribution in [-0.2, 0) is 4.74 Å².